The Kier molecular flexibility index (Phi) is 4.62. The molecule has 31 heavy (non-hydrogen) atoms. The number of carbonyl (C=O) groups excluding carboxylic acids is 1. The first-order valence-electron chi connectivity index (χ1n) is 10.2. The summed E-state index contributed by atoms with van der Waals surface area (Å²) in [5, 5.41) is 10.4. The molecule has 1 saturated heterocycles. The fourth-order valence-electron chi connectivity index (χ4n) is 5.29. The number of esters is 1. The third-order valence-electron chi connectivity index (χ3n) is 6.57. The van der Waals surface area contributed by atoms with E-state index in [0.29, 0.717) is 18.1 Å². The molecule has 0 bridgehead atoms. The summed E-state index contributed by atoms with van der Waals surface area (Å²) in [7, 11) is 6.98. The topological polar surface area (TPSA) is 86.7 Å². The lowest BCUT2D eigenvalue weighted by atomic mass is 9.65. The maximum absolute atomic E-state index is 13.0. The predicted molar refractivity (Wildman–Crippen MR) is 110 cm³/mol. The molecule has 0 amide bonds. The van der Waals surface area contributed by atoms with E-state index in [0.717, 1.165) is 16.7 Å². The summed E-state index contributed by atoms with van der Waals surface area (Å²) >= 11 is 0. The maximum Gasteiger partial charge on any atom is 0.310 e. The minimum atomic E-state index is -0.390. The van der Waals surface area contributed by atoms with Gasteiger partial charge in [0.2, 0.25) is 12.5 Å². The third kappa shape index (κ3) is 2.89. The number of cyclic esters (lactones) is 1. The highest BCUT2D eigenvalue weighted by atomic mass is 16.7. The van der Waals surface area contributed by atoms with Crippen LogP contribution in [0.15, 0.2) is 24.3 Å². The van der Waals surface area contributed by atoms with E-state index < -0.39 is 0 Å². The van der Waals surface area contributed by atoms with Crippen molar-refractivity contribution in [3.63, 3.8) is 0 Å². The van der Waals surface area contributed by atoms with E-state index in [1.54, 1.807) is 12.1 Å². The van der Waals surface area contributed by atoms with E-state index in [1.807, 2.05) is 26.2 Å². The number of aromatic hydroxyl groups is 1. The lowest BCUT2D eigenvalue weighted by molar-refractivity contribution is -0.141. The molecule has 3 aliphatic rings. The summed E-state index contributed by atoms with van der Waals surface area (Å²) < 4.78 is 27.6. The van der Waals surface area contributed by atoms with Crippen LogP contribution in [-0.4, -0.2) is 57.7 Å². The number of phenolic OH excluding ortho intramolecular Hbond substituents is 1. The minimum absolute atomic E-state index is 0.0156. The fraction of sp³-hybridized carbons (Fsp3) is 0.435. The molecule has 4 unspecified atom stereocenters. The van der Waals surface area contributed by atoms with Gasteiger partial charge in [-0.15, -0.1) is 0 Å². The van der Waals surface area contributed by atoms with E-state index in [-0.39, 0.29) is 53.8 Å². The van der Waals surface area contributed by atoms with Crippen molar-refractivity contribution in [2.45, 2.75) is 12.0 Å². The van der Waals surface area contributed by atoms with E-state index in [2.05, 4.69) is 4.90 Å². The number of phenols is 1. The Balaban J connectivity index is 1.77. The fourth-order valence-corrected chi connectivity index (χ4v) is 5.29. The Morgan fingerprint density at radius 3 is 2.16 bits per heavy atom. The molecule has 4 atom stereocenters. The van der Waals surface area contributed by atoms with Crippen LogP contribution in [0, 0.1) is 11.8 Å². The Morgan fingerprint density at radius 2 is 1.58 bits per heavy atom. The highest BCUT2D eigenvalue weighted by Gasteiger charge is 2.53. The smallest absolute Gasteiger partial charge is 0.310 e. The van der Waals surface area contributed by atoms with Crippen molar-refractivity contribution < 1.29 is 33.6 Å². The zero-order chi connectivity index (χ0) is 21.9. The zero-order valence-electron chi connectivity index (χ0n) is 17.9. The largest absolute Gasteiger partial charge is 0.502 e. The Labute approximate surface area is 180 Å². The van der Waals surface area contributed by atoms with Crippen LogP contribution >= 0.6 is 0 Å². The first-order valence-corrected chi connectivity index (χ1v) is 10.2. The molecule has 2 aromatic rings. The average Bonchev–Trinajstić information content (AvgIpc) is 3.37. The van der Waals surface area contributed by atoms with Gasteiger partial charge in [0.15, 0.2) is 23.0 Å². The SMILES string of the molecule is COc1cc(C2c3cc4c(cc3C(N(C)C)C3COC(=O)C23)OCO4)cc(OC)c1O. The number of ether oxygens (including phenoxy) is 5. The van der Waals surface area contributed by atoms with Gasteiger partial charge < -0.3 is 33.7 Å². The lowest BCUT2D eigenvalue weighted by Crippen LogP contribution is -2.40. The number of methoxy groups -OCH3 is 2. The highest BCUT2D eigenvalue weighted by Crippen LogP contribution is 2.56. The second kappa shape index (κ2) is 7.23. The second-order valence-electron chi connectivity index (χ2n) is 8.31. The van der Waals surface area contributed by atoms with Crippen molar-refractivity contribution in [3.8, 4) is 28.7 Å². The van der Waals surface area contributed by atoms with Crippen LogP contribution in [0.3, 0.4) is 0 Å². The van der Waals surface area contributed by atoms with Crippen molar-refractivity contribution in [1.82, 2.24) is 4.90 Å². The quantitative estimate of drug-likeness (QED) is 0.746. The Hall–Kier alpha value is -3.13. The number of nitrogens with zero attached hydrogens (tertiary/aromatic N) is 1. The minimum Gasteiger partial charge on any atom is -0.502 e. The first-order chi connectivity index (χ1) is 14.9. The average molecular weight is 427 g/mol. The summed E-state index contributed by atoms with van der Waals surface area (Å²) in [6.07, 6.45) is 0. The molecular formula is C23H25NO7. The van der Waals surface area contributed by atoms with Crippen molar-refractivity contribution in [3.05, 3.63) is 41.0 Å². The monoisotopic (exact) mass is 427 g/mol. The van der Waals surface area contributed by atoms with Gasteiger partial charge in [-0.1, -0.05) is 0 Å². The lowest BCUT2D eigenvalue weighted by Gasteiger charge is -2.42. The molecule has 2 heterocycles. The molecule has 164 valence electrons. The maximum atomic E-state index is 13.0. The van der Waals surface area contributed by atoms with Crippen molar-refractivity contribution in [1.29, 1.82) is 0 Å². The van der Waals surface area contributed by atoms with E-state index in [9.17, 15) is 9.90 Å². The molecule has 0 radical (unpaired) electrons. The van der Waals surface area contributed by atoms with Gasteiger partial charge in [-0.25, -0.2) is 0 Å². The van der Waals surface area contributed by atoms with Crippen molar-refractivity contribution in [2.24, 2.45) is 11.8 Å². The number of carbonyl (C=O) groups is 1. The Bertz CT molecular complexity index is 1030. The molecule has 1 aliphatic carbocycles. The number of benzene rings is 2. The molecule has 8 nitrogen and oxygen atoms in total. The summed E-state index contributed by atoms with van der Waals surface area (Å²) in [4.78, 5) is 15.1. The Morgan fingerprint density at radius 1 is 0.968 bits per heavy atom. The van der Waals surface area contributed by atoms with Crippen LogP contribution in [0.1, 0.15) is 28.7 Å². The van der Waals surface area contributed by atoms with Crippen LogP contribution in [0.25, 0.3) is 0 Å². The summed E-state index contributed by atoms with van der Waals surface area (Å²) in [6, 6.07) is 7.49. The van der Waals surface area contributed by atoms with Crippen molar-refractivity contribution in [2.75, 3.05) is 41.7 Å². The van der Waals surface area contributed by atoms with Gasteiger partial charge in [-0.3, -0.25) is 4.79 Å². The normalized spacial score (nSPS) is 25.8. The van der Waals surface area contributed by atoms with E-state index in [1.165, 1.54) is 14.2 Å². The molecular weight excluding hydrogens is 402 g/mol. The molecule has 1 fully saturated rings. The number of fused-ring (bicyclic) bond motifs is 3. The van der Waals surface area contributed by atoms with Crippen LogP contribution in [0.4, 0.5) is 0 Å². The van der Waals surface area contributed by atoms with E-state index in [4.69, 9.17) is 23.7 Å². The molecule has 0 aromatic heterocycles. The molecule has 2 aromatic carbocycles. The van der Waals surface area contributed by atoms with Gasteiger partial charge >= 0.3 is 5.97 Å². The van der Waals surface area contributed by atoms with Crippen molar-refractivity contribution >= 4 is 5.97 Å². The standard InChI is InChI=1S/C23H25NO7/c1-24(2)21-13-8-16-15(30-10-31-16)7-12(13)19(20-14(21)9-29-23(20)26)11-5-17(27-3)22(25)18(6-11)28-4/h5-8,14,19-21,25H,9-10H2,1-4H3. The number of hydrogen-bond donors (Lipinski definition) is 1. The van der Waals surface area contributed by atoms with Gasteiger partial charge in [-0.05, 0) is 55.1 Å². The van der Waals surface area contributed by atoms with Gasteiger partial charge in [0.1, 0.15) is 0 Å². The number of rotatable bonds is 4. The van der Waals surface area contributed by atoms with Gasteiger partial charge in [0.05, 0.1) is 26.7 Å². The van der Waals surface area contributed by atoms with Crippen LogP contribution in [0.2, 0.25) is 0 Å². The highest BCUT2D eigenvalue weighted by molar-refractivity contribution is 5.79. The molecule has 5 rings (SSSR count). The summed E-state index contributed by atoms with van der Waals surface area (Å²) in [6.45, 7) is 0.522. The van der Waals surface area contributed by atoms with Crippen LogP contribution < -0.4 is 18.9 Å². The summed E-state index contributed by atoms with van der Waals surface area (Å²) in [5.74, 6) is 0.888. The second-order valence-corrected chi connectivity index (χ2v) is 8.31. The van der Waals surface area contributed by atoms with Gasteiger partial charge in [0, 0.05) is 17.9 Å². The third-order valence-corrected chi connectivity index (χ3v) is 6.57. The first kappa shape index (κ1) is 19.8. The molecule has 0 saturated carbocycles. The predicted octanol–water partition coefficient (Wildman–Crippen LogP) is 2.68. The van der Waals surface area contributed by atoms with Crippen LogP contribution in [0.5, 0.6) is 28.7 Å². The molecule has 2 aliphatic heterocycles. The molecule has 8 heteroatoms. The summed E-state index contributed by atoms with van der Waals surface area (Å²) in [5.41, 5.74) is 2.85. The molecule has 0 spiro atoms. The van der Waals surface area contributed by atoms with Crippen LogP contribution in [-0.2, 0) is 9.53 Å². The molecule has 1 N–H and O–H groups in total. The van der Waals surface area contributed by atoms with Gasteiger partial charge in [-0.2, -0.15) is 0 Å². The number of hydrogen-bond acceptors (Lipinski definition) is 8. The van der Waals surface area contributed by atoms with Gasteiger partial charge in [0.25, 0.3) is 0 Å². The zero-order valence-corrected chi connectivity index (χ0v) is 17.9. The van der Waals surface area contributed by atoms with E-state index >= 15 is 0 Å².